The minimum atomic E-state index is -2.82. The van der Waals surface area contributed by atoms with Crippen molar-refractivity contribution in [2.24, 2.45) is 0 Å². The van der Waals surface area contributed by atoms with E-state index in [0.717, 1.165) is 32.8 Å². The SMILES string of the molecule is CC(F)(F)CNc1ncc2c(-c3cc4cnccc4s3)c[nH]c2n1. The van der Waals surface area contributed by atoms with Gasteiger partial charge in [0, 0.05) is 57.6 Å². The Balaban J connectivity index is 1.70. The van der Waals surface area contributed by atoms with Gasteiger partial charge in [0.2, 0.25) is 5.95 Å². The lowest BCUT2D eigenvalue weighted by Gasteiger charge is -2.10. The van der Waals surface area contributed by atoms with Gasteiger partial charge in [-0.15, -0.1) is 11.3 Å². The summed E-state index contributed by atoms with van der Waals surface area (Å²) in [4.78, 5) is 16.7. The number of aromatic nitrogens is 4. The van der Waals surface area contributed by atoms with Gasteiger partial charge in [-0.3, -0.25) is 4.98 Å². The first kappa shape index (κ1) is 14.9. The Kier molecular flexibility index (Phi) is 3.42. The van der Waals surface area contributed by atoms with Gasteiger partial charge in [-0.1, -0.05) is 0 Å². The number of rotatable bonds is 4. The third kappa shape index (κ3) is 2.80. The minimum Gasteiger partial charge on any atom is -0.348 e. The van der Waals surface area contributed by atoms with Gasteiger partial charge in [0.1, 0.15) is 5.65 Å². The monoisotopic (exact) mass is 345 g/mol. The molecule has 0 aromatic carbocycles. The predicted octanol–water partition coefficient (Wildman–Crippen LogP) is 4.30. The fraction of sp³-hybridized carbons (Fsp3) is 0.188. The van der Waals surface area contributed by atoms with Crippen molar-refractivity contribution in [1.82, 2.24) is 19.9 Å². The maximum absolute atomic E-state index is 12.9. The lowest BCUT2D eigenvalue weighted by Crippen LogP contribution is -2.23. The summed E-state index contributed by atoms with van der Waals surface area (Å²) in [6, 6.07) is 4.04. The first-order valence-corrected chi connectivity index (χ1v) is 8.11. The predicted molar refractivity (Wildman–Crippen MR) is 91.6 cm³/mol. The molecule has 0 aliphatic rings. The summed E-state index contributed by atoms with van der Waals surface area (Å²) in [7, 11) is 0. The Hall–Kier alpha value is -2.61. The van der Waals surface area contributed by atoms with Crippen LogP contribution in [0.5, 0.6) is 0 Å². The number of nitrogens with zero attached hydrogens (tertiary/aromatic N) is 3. The van der Waals surface area contributed by atoms with Gasteiger partial charge in [-0.2, -0.15) is 4.98 Å². The lowest BCUT2D eigenvalue weighted by atomic mass is 10.2. The number of H-pyrrole nitrogens is 1. The molecule has 0 aliphatic carbocycles. The second-order valence-electron chi connectivity index (χ2n) is 5.61. The Labute approximate surface area is 139 Å². The summed E-state index contributed by atoms with van der Waals surface area (Å²) in [5.41, 5.74) is 1.59. The number of aromatic amines is 1. The minimum absolute atomic E-state index is 0.179. The molecule has 4 heterocycles. The summed E-state index contributed by atoms with van der Waals surface area (Å²) >= 11 is 1.66. The molecule has 4 aromatic heterocycles. The Bertz CT molecular complexity index is 985. The van der Waals surface area contributed by atoms with E-state index in [1.807, 2.05) is 18.5 Å². The highest BCUT2D eigenvalue weighted by atomic mass is 32.1. The zero-order valence-corrected chi connectivity index (χ0v) is 13.5. The molecule has 24 heavy (non-hydrogen) atoms. The highest BCUT2D eigenvalue weighted by Crippen LogP contribution is 2.36. The van der Waals surface area contributed by atoms with Crippen LogP contribution < -0.4 is 5.32 Å². The summed E-state index contributed by atoms with van der Waals surface area (Å²) in [6.45, 7) is 0.344. The van der Waals surface area contributed by atoms with Crippen LogP contribution in [-0.2, 0) is 0 Å². The van der Waals surface area contributed by atoms with Crippen molar-refractivity contribution < 1.29 is 8.78 Å². The van der Waals surface area contributed by atoms with Crippen LogP contribution in [0.4, 0.5) is 14.7 Å². The van der Waals surface area contributed by atoms with E-state index in [9.17, 15) is 8.78 Å². The Morgan fingerprint density at radius 3 is 3.00 bits per heavy atom. The molecule has 4 rings (SSSR count). The molecular formula is C16H13F2N5S. The van der Waals surface area contributed by atoms with E-state index in [2.05, 4.69) is 31.3 Å². The van der Waals surface area contributed by atoms with Gasteiger partial charge in [0.15, 0.2) is 0 Å². The van der Waals surface area contributed by atoms with E-state index < -0.39 is 12.5 Å². The lowest BCUT2D eigenvalue weighted by molar-refractivity contribution is 0.0366. The van der Waals surface area contributed by atoms with Crippen LogP contribution >= 0.6 is 11.3 Å². The third-order valence-corrected chi connectivity index (χ3v) is 4.72. The Morgan fingerprint density at radius 1 is 1.33 bits per heavy atom. The summed E-state index contributed by atoms with van der Waals surface area (Å²) in [5.74, 6) is -2.64. The molecule has 0 radical (unpaired) electrons. The molecule has 0 saturated carbocycles. The molecule has 0 unspecified atom stereocenters. The van der Waals surface area contributed by atoms with Gasteiger partial charge in [0.05, 0.1) is 6.54 Å². The average Bonchev–Trinajstić information content (AvgIpc) is 3.15. The van der Waals surface area contributed by atoms with E-state index in [4.69, 9.17) is 0 Å². The molecule has 5 nitrogen and oxygen atoms in total. The first-order valence-electron chi connectivity index (χ1n) is 7.29. The number of halogens is 2. The van der Waals surface area contributed by atoms with Crippen molar-refractivity contribution in [3.63, 3.8) is 0 Å². The first-order chi connectivity index (χ1) is 11.5. The largest absolute Gasteiger partial charge is 0.348 e. The molecule has 0 bridgehead atoms. The Morgan fingerprint density at radius 2 is 2.21 bits per heavy atom. The molecule has 0 atom stereocenters. The number of anilines is 1. The average molecular weight is 345 g/mol. The second kappa shape index (κ2) is 5.48. The van der Waals surface area contributed by atoms with Crippen molar-refractivity contribution in [3.05, 3.63) is 36.9 Å². The second-order valence-corrected chi connectivity index (χ2v) is 6.69. The van der Waals surface area contributed by atoms with E-state index in [1.54, 1.807) is 23.7 Å². The van der Waals surface area contributed by atoms with Crippen LogP contribution in [0.2, 0.25) is 0 Å². The van der Waals surface area contributed by atoms with Crippen LogP contribution in [0.1, 0.15) is 6.92 Å². The molecule has 0 aliphatic heterocycles. The van der Waals surface area contributed by atoms with Crippen molar-refractivity contribution in [1.29, 1.82) is 0 Å². The maximum Gasteiger partial charge on any atom is 0.262 e. The number of pyridine rings is 1. The van der Waals surface area contributed by atoms with Crippen molar-refractivity contribution >= 4 is 38.4 Å². The molecule has 0 spiro atoms. The number of alkyl halides is 2. The summed E-state index contributed by atoms with van der Waals surface area (Å²) in [5, 5.41) is 4.48. The highest BCUT2D eigenvalue weighted by molar-refractivity contribution is 7.22. The normalized spacial score (nSPS) is 12.1. The number of hydrogen-bond donors (Lipinski definition) is 2. The molecule has 0 fully saturated rings. The third-order valence-electron chi connectivity index (χ3n) is 3.57. The quantitative estimate of drug-likeness (QED) is 0.579. The highest BCUT2D eigenvalue weighted by Gasteiger charge is 2.21. The molecule has 122 valence electrons. The van der Waals surface area contributed by atoms with Crippen LogP contribution in [0.25, 0.3) is 31.6 Å². The van der Waals surface area contributed by atoms with Crippen LogP contribution in [0.15, 0.2) is 36.9 Å². The maximum atomic E-state index is 12.9. The van der Waals surface area contributed by atoms with Crippen molar-refractivity contribution in [2.75, 3.05) is 11.9 Å². The van der Waals surface area contributed by atoms with Gasteiger partial charge in [-0.25, -0.2) is 13.8 Å². The van der Waals surface area contributed by atoms with Gasteiger partial charge < -0.3 is 10.3 Å². The van der Waals surface area contributed by atoms with Gasteiger partial charge in [-0.05, 0) is 12.1 Å². The van der Waals surface area contributed by atoms with Crippen LogP contribution in [-0.4, -0.2) is 32.4 Å². The van der Waals surface area contributed by atoms with Crippen molar-refractivity contribution in [2.45, 2.75) is 12.8 Å². The van der Waals surface area contributed by atoms with Crippen LogP contribution in [0, 0.1) is 0 Å². The topological polar surface area (TPSA) is 66.5 Å². The molecule has 8 heteroatoms. The zero-order valence-electron chi connectivity index (χ0n) is 12.7. The van der Waals surface area contributed by atoms with E-state index in [0.29, 0.717) is 5.65 Å². The van der Waals surface area contributed by atoms with Gasteiger partial charge in [0.25, 0.3) is 5.92 Å². The van der Waals surface area contributed by atoms with Crippen molar-refractivity contribution in [3.8, 4) is 10.4 Å². The number of nitrogens with one attached hydrogen (secondary N) is 2. The number of fused-ring (bicyclic) bond motifs is 2. The van der Waals surface area contributed by atoms with E-state index in [-0.39, 0.29) is 5.95 Å². The number of hydrogen-bond acceptors (Lipinski definition) is 5. The smallest absolute Gasteiger partial charge is 0.262 e. The standard InChI is InChI=1S/C16H13F2N5S/c1-16(17,18)8-22-15-21-7-11-10(6-20-14(11)23-15)13-4-9-5-19-3-2-12(9)24-13/h2-7H,8H2,1H3,(H2,20,21,22,23). The molecule has 4 aromatic rings. The van der Waals surface area contributed by atoms with Crippen LogP contribution in [0.3, 0.4) is 0 Å². The summed E-state index contributed by atoms with van der Waals surface area (Å²) < 4.78 is 27.0. The van der Waals surface area contributed by atoms with E-state index >= 15 is 0 Å². The fourth-order valence-electron chi connectivity index (χ4n) is 2.45. The molecular weight excluding hydrogens is 332 g/mol. The molecule has 0 amide bonds. The fourth-order valence-corrected chi connectivity index (χ4v) is 3.51. The van der Waals surface area contributed by atoms with E-state index in [1.165, 1.54) is 0 Å². The number of thiophene rings is 1. The zero-order chi connectivity index (χ0) is 16.7. The molecule has 2 N–H and O–H groups in total. The molecule has 0 saturated heterocycles. The van der Waals surface area contributed by atoms with Gasteiger partial charge >= 0.3 is 0 Å². The summed E-state index contributed by atoms with van der Waals surface area (Å²) in [6.07, 6.45) is 7.10.